The van der Waals surface area contributed by atoms with E-state index in [1.54, 1.807) is 0 Å². The van der Waals surface area contributed by atoms with Crippen molar-refractivity contribution in [2.45, 2.75) is 56.7 Å². The molecule has 3 heteroatoms. The van der Waals surface area contributed by atoms with Crippen LogP contribution in [0.3, 0.4) is 0 Å². The largest absolute Gasteiger partial charge is 0.466 e. The predicted octanol–water partition coefficient (Wildman–Crippen LogP) is 6.59. The Kier molecular flexibility index (Phi) is 4.38. The van der Waals surface area contributed by atoms with Crippen molar-refractivity contribution in [1.82, 2.24) is 5.01 Å². The Hall–Kier alpha value is -3.07. The molecular formula is C28H28N2O. The van der Waals surface area contributed by atoms with Crippen LogP contribution >= 0.6 is 0 Å². The summed E-state index contributed by atoms with van der Waals surface area (Å²) in [5, 5.41) is 7.53. The van der Waals surface area contributed by atoms with E-state index in [-0.39, 0.29) is 11.8 Å². The maximum atomic E-state index is 6.78. The highest BCUT2D eigenvalue weighted by atomic mass is 16.5. The second-order valence-corrected chi connectivity index (χ2v) is 9.25. The van der Waals surface area contributed by atoms with E-state index in [0.29, 0.717) is 5.92 Å². The number of hydrogen-bond donors (Lipinski definition) is 0. The second-order valence-electron chi connectivity index (χ2n) is 9.25. The Morgan fingerprint density at radius 3 is 2.35 bits per heavy atom. The first kappa shape index (κ1) is 18.7. The molecule has 1 fully saturated rings. The van der Waals surface area contributed by atoms with Crippen LogP contribution in [-0.4, -0.2) is 16.4 Å². The Morgan fingerprint density at radius 1 is 0.871 bits per heavy atom. The maximum absolute atomic E-state index is 6.78. The van der Waals surface area contributed by atoms with Gasteiger partial charge in [-0.1, -0.05) is 78.4 Å². The van der Waals surface area contributed by atoms with Gasteiger partial charge in [0, 0.05) is 24.8 Å². The van der Waals surface area contributed by atoms with Crippen LogP contribution < -0.4 is 4.74 Å². The van der Waals surface area contributed by atoms with Crippen LogP contribution in [0.1, 0.15) is 66.3 Å². The summed E-state index contributed by atoms with van der Waals surface area (Å²) < 4.78 is 6.78. The molecule has 0 saturated heterocycles. The van der Waals surface area contributed by atoms with Gasteiger partial charge in [-0.3, -0.25) is 0 Å². The molecule has 2 heterocycles. The summed E-state index contributed by atoms with van der Waals surface area (Å²) in [5.41, 5.74) is 6.07. The van der Waals surface area contributed by atoms with Crippen LogP contribution in [0.5, 0.6) is 5.75 Å². The molecule has 1 aliphatic carbocycles. The molecule has 0 N–H and O–H groups in total. The molecule has 3 aliphatic rings. The average Bonchev–Trinajstić information content (AvgIpc) is 3.28. The van der Waals surface area contributed by atoms with Crippen LogP contribution in [0.15, 0.2) is 84.0 Å². The Bertz CT molecular complexity index is 1110. The van der Waals surface area contributed by atoms with Gasteiger partial charge in [0.05, 0.1) is 11.8 Å². The van der Waals surface area contributed by atoms with Gasteiger partial charge in [-0.2, -0.15) is 5.10 Å². The van der Waals surface area contributed by atoms with Crippen molar-refractivity contribution in [1.29, 1.82) is 0 Å². The van der Waals surface area contributed by atoms with Crippen molar-refractivity contribution < 1.29 is 4.74 Å². The summed E-state index contributed by atoms with van der Waals surface area (Å²) in [6, 6.07) is 28.5. The number of nitrogens with zero attached hydrogens (tertiary/aromatic N) is 2. The molecule has 2 aliphatic heterocycles. The van der Waals surface area contributed by atoms with E-state index in [1.165, 1.54) is 28.0 Å². The van der Waals surface area contributed by atoms with Gasteiger partial charge in [-0.25, -0.2) is 5.01 Å². The topological polar surface area (TPSA) is 24.8 Å². The van der Waals surface area contributed by atoms with E-state index < -0.39 is 0 Å². The zero-order valence-electron chi connectivity index (χ0n) is 18.0. The van der Waals surface area contributed by atoms with E-state index >= 15 is 0 Å². The Morgan fingerprint density at radius 2 is 1.58 bits per heavy atom. The lowest BCUT2D eigenvalue weighted by Crippen LogP contribution is -2.55. The van der Waals surface area contributed by atoms with E-state index in [9.17, 15) is 0 Å². The SMILES string of the molecule is Cc1ccc(C2=NN3[C@H](C2)c2ccccc2OC32CCC(c3ccccc3)CC2)cc1. The van der Waals surface area contributed by atoms with Crippen LogP contribution in [-0.2, 0) is 0 Å². The highest BCUT2D eigenvalue weighted by Gasteiger charge is 2.51. The lowest BCUT2D eigenvalue weighted by Gasteiger charge is -2.50. The lowest BCUT2D eigenvalue weighted by molar-refractivity contribution is -0.142. The fraction of sp³-hybridized carbons (Fsp3) is 0.321. The minimum absolute atomic E-state index is 0.259. The third-order valence-electron chi connectivity index (χ3n) is 7.33. The van der Waals surface area contributed by atoms with Gasteiger partial charge >= 0.3 is 0 Å². The quantitative estimate of drug-likeness (QED) is 0.478. The molecule has 6 rings (SSSR count). The molecule has 0 aromatic heterocycles. The molecule has 0 unspecified atom stereocenters. The van der Waals surface area contributed by atoms with Crippen LogP contribution in [0, 0.1) is 6.92 Å². The van der Waals surface area contributed by atoms with Crippen molar-refractivity contribution in [3.63, 3.8) is 0 Å². The molecule has 0 radical (unpaired) electrons. The maximum Gasteiger partial charge on any atom is 0.198 e. The van der Waals surface area contributed by atoms with Crippen molar-refractivity contribution in [3.8, 4) is 5.75 Å². The number of benzene rings is 3. The normalized spacial score (nSPS) is 26.7. The summed E-state index contributed by atoms with van der Waals surface area (Å²) in [6.45, 7) is 2.13. The summed E-state index contributed by atoms with van der Waals surface area (Å²) in [6.07, 6.45) is 5.20. The molecule has 3 aromatic carbocycles. The third kappa shape index (κ3) is 3.15. The zero-order chi connectivity index (χ0) is 20.8. The molecule has 1 atom stereocenters. The predicted molar refractivity (Wildman–Crippen MR) is 124 cm³/mol. The first-order chi connectivity index (χ1) is 15.2. The van der Waals surface area contributed by atoms with Gasteiger partial charge < -0.3 is 4.74 Å². The summed E-state index contributed by atoms with van der Waals surface area (Å²) >= 11 is 0. The molecule has 1 saturated carbocycles. The van der Waals surface area contributed by atoms with E-state index in [1.807, 2.05) is 0 Å². The van der Waals surface area contributed by atoms with Gasteiger partial charge in [0.25, 0.3) is 0 Å². The van der Waals surface area contributed by atoms with Gasteiger partial charge in [0.1, 0.15) is 5.75 Å². The summed E-state index contributed by atoms with van der Waals surface area (Å²) in [5.74, 6) is 1.65. The summed E-state index contributed by atoms with van der Waals surface area (Å²) in [4.78, 5) is 0. The molecule has 31 heavy (non-hydrogen) atoms. The summed E-state index contributed by atoms with van der Waals surface area (Å²) in [7, 11) is 0. The monoisotopic (exact) mass is 408 g/mol. The number of para-hydroxylation sites is 1. The van der Waals surface area contributed by atoms with Gasteiger partial charge in [0.2, 0.25) is 0 Å². The first-order valence-corrected chi connectivity index (χ1v) is 11.5. The minimum atomic E-state index is -0.337. The molecule has 0 amide bonds. The van der Waals surface area contributed by atoms with Gasteiger partial charge in [-0.15, -0.1) is 0 Å². The van der Waals surface area contributed by atoms with E-state index in [4.69, 9.17) is 9.84 Å². The molecule has 1 spiro atoms. The number of hydrazone groups is 1. The van der Waals surface area contributed by atoms with Crippen LogP contribution in [0.4, 0.5) is 0 Å². The van der Waals surface area contributed by atoms with Gasteiger partial charge in [-0.05, 0) is 42.9 Å². The first-order valence-electron chi connectivity index (χ1n) is 11.5. The van der Waals surface area contributed by atoms with Crippen molar-refractivity contribution >= 4 is 5.71 Å². The average molecular weight is 409 g/mol. The highest BCUT2D eigenvalue weighted by molar-refractivity contribution is 6.02. The Labute approximate surface area is 184 Å². The van der Waals surface area contributed by atoms with Crippen LogP contribution in [0.2, 0.25) is 0 Å². The van der Waals surface area contributed by atoms with Crippen molar-refractivity contribution in [3.05, 3.63) is 101 Å². The number of rotatable bonds is 2. The lowest BCUT2D eigenvalue weighted by atomic mass is 9.78. The highest BCUT2D eigenvalue weighted by Crippen LogP contribution is 2.52. The number of hydrogen-bond acceptors (Lipinski definition) is 3. The van der Waals surface area contributed by atoms with Crippen molar-refractivity contribution in [2.24, 2.45) is 5.10 Å². The second kappa shape index (κ2) is 7.26. The number of fused-ring (bicyclic) bond motifs is 4. The number of aryl methyl sites for hydroxylation is 1. The third-order valence-corrected chi connectivity index (χ3v) is 7.33. The smallest absolute Gasteiger partial charge is 0.198 e. The van der Waals surface area contributed by atoms with Crippen molar-refractivity contribution in [2.75, 3.05) is 0 Å². The van der Waals surface area contributed by atoms with E-state index in [0.717, 1.165) is 37.9 Å². The molecule has 156 valence electrons. The molecule has 0 bridgehead atoms. The molecular weight excluding hydrogens is 380 g/mol. The number of ether oxygens (including phenoxy) is 1. The van der Waals surface area contributed by atoms with Crippen LogP contribution in [0.25, 0.3) is 0 Å². The Balaban J connectivity index is 1.35. The standard InChI is InChI=1S/C28H28N2O/c1-20-11-13-23(14-12-20)25-19-26-24-9-5-6-10-27(24)31-28(30(26)29-25)17-15-22(16-18-28)21-7-3-2-4-8-21/h2-14,22,26H,15-19H2,1H3/t22?,26-,28?/m1/s1. The zero-order valence-corrected chi connectivity index (χ0v) is 18.0. The molecule has 3 aromatic rings. The van der Waals surface area contributed by atoms with Gasteiger partial charge in [0.15, 0.2) is 5.72 Å². The fourth-order valence-electron chi connectivity index (χ4n) is 5.61. The fourth-order valence-corrected chi connectivity index (χ4v) is 5.61. The molecule has 3 nitrogen and oxygen atoms in total. The minimum Gasteiger partial charge on any atom is -0.466 e. The van der Waals surface area contributed by atoms with E-state index in [2.05, 4.69) is 90.8 Å².